The summed E-state index contributed by atoms with van der Waals surface area (Å²) in [7, 11) is 0. The zero-order chi connectivity index (χ0) is 16.9. The van der Waals surface area contributed by atoms with Crippen LogP contribution in [-0.4, -0.2) is 35.6 Å². The van der Waals surface area contributed by atoms with Gasteiger partial charge in [0.1, 0.15) is 11.5 Å². The summed E-state index contributed by atoms with van der Waals surface area (Å²) in [5.74, 6) is 1.46. The third-order valence-corrected chi connectivity index (χ3v) is 4.60. The van der Waals surface area contributed by atoms with Crippen LogP contribution in [0.3, 0.4) is 0 Å². The summed E-state index contributed by atoms with van der Waals surface area (Å²) in [4.78, 5) is 12.8. The molecule has 3 rings (SSSR count). The average Bonchev–Trinajstić information content (AvgIpc) is 2.58. The maximum atomic E-state index is 10.8. The molecule has 4 heteroatoms. The van der Waals surface area contributed by atoms with Crippen molar-refractivity contribution in [3.63, 3.8) is 0 Å². The van der Waals surface area contributed by atoms with Crippen LogP contribution in [0, 0.1) is 6.92 Å². The van der Waals surface area contributed by atoms with Crippen molar-refractivity contribution in [1.82, 2.24) is 4.90 Å². The number of carboxylic acids is 1. The van der Waals surface area contributed by atoms with Crippen molar-refractivity contribution < 1.29 is 14.6 Å². The van der Waals surface area contributed by atoms with Gasteiger partial charge in [-0.1, -0.05) is 30.3 Å². The van der Waals surface area contributed by atoms with E-state index in [9.17, 15) is 4.79 Å². The van der Waals surface area contributed by atoms with Crippen molar-refractivity contribution in [2.75, 3.05) is 19.6 Å². The molecular weight excluding hydrogens is 302 g/mol. The van der Waals surface area contributed by atoms with Gasteiger partial charge in [0.2, 0.25) is 0 Å². The second kappa shape index (κ2) is 7.49. The van der Waals surface area contributed by atoms with Gasteiger partial charge in [0.15, 0.2) is 0 Å². The largest absolute Gasteiger partial charge is 0.480 e. The first-order valence-corrected chi connectivity index (χ1v) is 8.39. The van der Waals surface area contributed by atoms with Gasteiger partial charge < -0.3 is 9.84 Å². The Morgan fingerprint density at radius 3 is 2.54 bits per heavy atom. The molecule has 1 aliphatic rings. The van der Waals surface area contributed by atoms with E-state index in [-0.39, 0.29) is 6.54 Å². The van der Waals surface area contributed by atoms with Crippen LogP contribution < -0.4 is 4.74 Å². The fourth-order valence-corrected chi connectivity index (χ4v) is 3.21. The minimum atomic E-state index is -0.748. The van der Waals surface area contributed by atoms with Crippen molar-refractivity contribution in [3.8, 4) is 11.5 Å². The number of rotatable bonds is 5. The van der Waals surface area contributed by atoms with E-state index in [1.165, 1.54) is 5.56 Å². The number of carboxylic acid groups (broad SMARTS) is 1. The second-order valence-electron chi connectivity index (χ2n) is 6.38. The van der Waals surface area contributed by atoms with E-state index in [4.69, 9.17) is 9.84 Å². The minimum Gasteiger partial charge on any atom is -0.480 e. The van der Waals surface area contributed by atoms with Crippen LogP contribution >= 0.6 is 0 Å². The summed E-state index contributed by atoms with van der Waals surface area (Å²) in [6, 6.07) is 16.2. The lowest BCUT2D eigenvalue weighted by molar-refractivity contribution is -0.138. The van der Waals surface area contributed by atoms with Crippen LogP contribution in [0.4, 0.5) is 0 Å². The van der Waals surface area contributed by atoms with Crippen molar-refractivity contribution in [3.05, 3.63) is 59.7 Å². The van der Waals surface area contributed by atoms with Gasteiger partial charge in [-0.3, -0.25) is 9.69 Å². The van der Waals surface area contributed by atoms with Gasteiger partial charge in [0.25, 0.3) is 0 Å². The molecule has 0 bridgehead atoms. The molecule has 2 aromatic rings. The van der Waals surface area contributed by atoms with Crippen LogP contribution in [0.5, 0.6) is 11.5 Å². The van der Waals surface area contributed by atoms with Crippen molar-refractivity contribution in [2.45, 2.75) is 25.7 Å². The summed E-state index contributed by atoms with van der Waals surface area (Å²) < 4.78 is 6.03. The standard InChI is InChI=1S/C20H23NO3/c1-15-7-8-17(13-19(15)24-18-5-3-2-4-6-18)16-9-11-21(12-10-16)14-20(22)23/h2-8,13,16H,9-12,14H2,1H3,(H,22,23). The number of likely N-dealkylation sites (tertiary alicyclic amines) is 1. The van der Waals surface area contributed by atoms with E-state index in [0.29, 0.717) is 5.92 Å². The number of hydrogen-bond donors (Lipinski definition) is 1. The normalized spacial score (nSPS) is 16.0. The Bertz CT molecular complexity index is 691. The van der Waals surface area contributed by atoms with Gasteiger partial charge in [-0.05, 0) is 68.1 Å². The molecular formula is C20H23NO3. The Hall–Kier alpha value is -2.33. The summed E-state index contributed by atoms with van der Waals surface area (Å²) in [5.41, 5.74) is 2.40. The maximum Gasteiger partial charge on any atom is 0.317 e. The lowest BCUT2D eigenvalue weighted by Crippen LogP contribution is -2.36. The molecule has 1 heterocycles. The fraction of sp³-hybridized carbons (Fsp3) is 0.350. The number of hydrogen-bond acceptors (Lipinski definition) is 3. The number of aliphatic carboxylic acids is 1. The quantitative estimate of drug-likeness (QED) is 0.901. The monoisotopic (exact) mass is 325 g/mol. The highest BCUT2D eigenvalue weighted by Crippen LogP contribution is 2.33. The number of nitrogens with zero attached hydrogens (tertiary/aromatic N) is 1. The molecule has 24 heavy (non-hydrogen) atoms. The molecule has 0 spiro atoms. The molecule has 1 N–H and O–H groups in total. The van der Waals surface area contributed by atoms with Gasteiger partial charge in [-0.2, -0.15) is 0 Å². The van der Waals surface area contributed by atoms with E-state index in [1.807, 2.05) is 35.2 Å². The number of benzene rings is 2. The molecule has 0 saturated carbocycles. The maximum absolute atomic E-state index is 10.8. The zero-order valence-corrected chi connectivity index (χ0v) is 13.9. The summed E-state index contributed by atoms with van der Waals surface area (Å²) in [5, 5.41) is 8.90. The number of carbonyl (C=O) groups is 1. The molecule has 0 aromatic heterocycles. The van der Waals surface area contributed by atoms with E-state index >= 15 is 0 Å². The van der Waals surface area contributed by atoms with Gasteiger partial charge in [0, 0.05) is 0 Å². The highest BCUT2D eigenvalue weighted by atomic mass is 16.5. The van der Waals surface area contributed by atoms with Crippen LogP contribution in [0.15, 0.2) is 48.5 Å². The third-order valence-electron chi connectivity index (χ3n) is 4.60. The molecule has 1 aliphatic heterocycles. The lowest BCUT2D eigenvalue weighted by atomic mass is 9.89. The second-order valence-corrected chi connectivity index (χ2v) is 6.38. The Morgan fingerprint density at radius 1 is 1.17 bits per heavy atom. The highest BCUT2D eigenvalue weighted by molar-refractivity contribution is 5.69. The molecule has 126 valence electrons. The van der Waals surface area contributed by atoms with E-state index in [0.717, 1.165) is 43.0 Å². The predicted octanol–water partition coefficient (Wildman–Crippen LogP) is 4.05. The van der Waals surface area contributed by atoms with Crippen LogP contribution in [-0.2, 0) is 4.79 Å². The molecule has 0 radical (unpaired) electrons. The Balaban J connectivity index is 1.69. The van der Waals surface area contributed by atoms with Gasteiger partial charge >= 0.3 is 5.97 Å². The average molecular weight is 325 g/mol. The summed E-state index contributed by atoms with van der Waals surface area (Å²) in [6.07, 6.45) is 1.97. The van der Waals surface area contributed by atoms with Crippen LogP contribution in [0.25, 0.3) is 0 Å². The molecule has 1 fully saturated rings. The third kappa shape index (κ3) is 4.15. The Kier molecular flexibility index (Phi) is 5.16. The summed E-state index contributed by atoms with van der Waals surface area (Å²) >= 11 is 0. The van der Waals surface area contributed by atoms with Crippen LogP contribution in [0.1, 0.15) is 29.9 Å². The van der Waals surface area contributed by atoms with Crippen molar-refractivity contribution in [1.29, 1.82) is 0 Å². The topological polar surface area (TPSA) is 49.8 Å². The van der Waals surface area contributed by atoms with Gasteiger partial charge in [-0.25, -0.2) is 0 Å². The molecule has 2 aromatic carbocycles. The number of para-hydroxylation sites is 1. The van der Waals surface area contributed by atoms with Crippen molar-refractivity contribution >= 4 is 5.97 Å². The fourth-order valence-electron chi connectivity index (χ4n) is 3.21. The first-order chi connectivity index (χ1) is 11.6. The lowest BCUT2D eigenvalue weighted by Gasteiger charge is -2.31. The van der Waals surface area contributed by atoms with Gasteiger partial charge in [-0.15, -0.1) is 0 Å². The number of aryl methyl sites for hydroxylation is 1. The number of ether oxygens (including phenoxy) is 1. The molecule has 0 aliphatic carbocycles. The number of piperidine rings is 1. The first-order valence-electron chi connectivity index (χ1n) is 8.39. The highest BCUT2D eigenvalue weighted by Gasteiger charge is 2.22. The zero-order valence-electron chi connectivity index (χ0n) is 13.9. The molecule has 0 amide bonds. The minimum absolute atomic E-state index is 0.142. The first kappa shape index (κ1) is 16.5. The molecule has 4 nitrogen and oxygen atoms in total. The smallest absolute Gasteiger partial charge is 0.317 e. The van der Waals surface area contributed by atoms with Gasteiger partial charge in [0.05, 0.1) is 6.54 Å². The van der Waals surface area contributed by atoms with E-state index in [1.54, 1.807) is 0 Å². The molecule has 0 atom stereocenters. The Labute approximate surface area is 142 Å². The van der Waals surface area contributed by atoms with E-state index in [2.05, 4.69) is 25.1 Å². The molecule has 1 saturated heterocycles. The molecule has 0 unspecified atom stereocenters. The predicted molar refractivity (Wildman–Crippen MR) is 93.7 cm³/mol. The van der Waals surface area contributed by atoms with Crippen molar-refractivity contribution in [2.24, 2.45) is 0 Å². The summed E-state index contributed by atoms with van der Waals surface area (Å²) in [6.45, 7) is 3.86. The van der Waals surface area contributed by atoms with E-state index < -0.39 is 5.97 Å². The van der Waals surface area contributed by atoms with Crippen LogP contribution in [0.2, 0.25) is 0 Å². The SMILES string of the molecule is Cc1ccc(C2CCN(CC(=O)O)CC2)cc1Oc1ccccc1. The Morgan fingerprint density at radius 2 is 1.88 bits per heavy atom.